The number of aldehydes is 1. The first-order valence-electron chi connectivity index (χ1n) is 3.55. The predicted octanol–water partition coefficient (Wildman–Crippen LogP) is 1.64. The average molecular weight is 182 g/mol. The molecule has 1 N–H and O–H groups in total. The maximum atomic E-state index is 12.7. The Kier molecular flexibility index (Phi) is 2.41. The Morgan fingerprint density at radius 2 is 2.15 bits per heavy atom. The topological polar surface area (TPSA) is 54.4 Å². The van der Waals surface area contributed by atoms with Crippen LogP contribution in [0, 0.1) is 12.7 Å². The van der Waals surface area contributed by atoms with Crippen LogP contribution in [0.2, 0.25) is 0 Å². The minimum atomic E-state index is -1.22. The van der Waals surface area contributed by atoms with E-state index in [0.717, 1.165) is 12.1 Å². The van der Waals surface area contributed by atoms with Crippen molar-refractivity contribution in [1.29, 1.82) is 0 Å². The Balaban J connectivity index is 3.47. The normalized spacial score (nSPS) is 9.69. The van der Waals surface area contributed by atoms with Crippen molar-refractivity contribution in [2.75, 3.05) is 0 Å². The van der Waals surface area contributed by atoms with E-state index in [2.05, 4.69) is 0 Å². The smallest absolute Gasteiger partial charge is 0.336 e. The zero-order chi connectivity index (χ0) is 10.0. The summed E-state index contributed by atoms with van der Waals surface area (Å²) < 4.78 is 12.7. The standard InChI is InChI=1S/C9H7FO3/c1-5-2-7(10)3-6(4-11)8(5)9(12)13/h2-4H,1H3,(H,12,13). The summed E-state index contributed by atoms with van der Waals surface area (Å²) in [6, 6.07) is 1.99. The van der Waals surface area contributed by atoms with Crippen molar-refractivity contribution in [3.63, 3.8) is 0 Å². The van der Waals surface area contributed by atoms with Crippen LogP contribution in [0.3, 0.4) is 0 Å². The lowest BCUT2D eigenvalue weighted by molar-refractivity contribution is 0.0693. The molecule has 0 radical (unpaired) electrons. The molecule has 0 aromatic heterocycles. The number of rotatable bonds is 2. The molecule has 68 valence electrons. The molecule has 0 atom stereocenters. The molecule has 4 heteroatoms. The van der Waals surface area contributed by atoms with Gasteiger partial charge in [-0.2, -0.15) is 0 Å². The summed E-state index contributed by atoms with van der Waals surface area (Å²) in [6.45, 7) is 1.44. The van der Waals surface area contributed by atoms with Gasteiger partial charge >= 0.3 is 5.97 Å². The molecule has 0 aliphatic carbocycles. The third kappa shape index (κ3) is 1.72. The van der Waals surface area contributed by atoms with Crippen molar-refractivity contribution in [2.24, 2.45) is 0 Å². The van der Waals surface area contributed by atoms with E-state index in [4.69, 9.17) is 5.11 Å². The van der Waals surface area contributed by atoms with Gasteiger partial charge in [0.25, 0.3) is 0 Å². The molecule has 0 aliphatic rings. The van der Waals surface area contributed by atoms with E-state index in [1.165, 1.54) is 6.92 Å². The van der Waals surface area contributed by atoms with E-state index < -0.39 is 11.8 Å². The number of carbonyl (C=O) groups excluding carboxylic acids is 1. The highest BCUT2D eigenvalue weighted by Gasteiger charge is 2.13. The third-order valence-electron chi connectivity index (χ3n) is 1.67. The van der Waals surface area contributed by atoms with E-state index in [1.54, 1.807) is 0 Å². The molecule has 0 aliphatic heterocycles. The first-order valence-corrected chi connectivity index (χ1v) is 3.55. The molecule has 0 saturated heterocycles. The summed E-state index contributed by atoms with van der Waals surface area (Å²) >= 11 is 0. The van der Waals surface area contributed by atoms with Gasteiger partial charge in [0.1, 0.15) is 5.82 Å². The minimum absolute atomic E-state index is 0.134. The summed E-state index contributed by atoms with van der Waals surface area (Å²) in [7, 11) is 0. The largest absolute Gasteiger partial charge is 0.478 e. The number of halogens is 1. The van der Waals surface area contributed by atoms with E-state index in [1.807, 2.05) is 0 Å². The second-order valence-electron chi connectivity index (χ2n) is 2.61. The molecule has 3 nitrogen and oxygen atoms in total. The van der Waals surface area contributed by atoms with Crippen LogP contribution < -0.4 is 0 Å². The molecule has 0 unspecified atom stereocenters. The van der Waals surface area contributed by atoms with Crippen LogP contribution in [0.5, 0.6) is 0 Å². The predicted molar refractivity (Wildman–Crippen MR) is 43.5 cm³/mol. The summed E-state index contributed by atoms with van der Waals surface area (Å²) in [5, 5.41) is 8.69. The van der Waals surface area contributed by atoms with E-state index >= 15 is 0 Å². The maximum absolute atomic E-state index is 12.7. The van der Waals surface area contributed by atoms with Crippen molar-refractivity contribution >= 4 is 12.3 Å². The van der Waals surface area contributed by atoms with Crippen molar-refractivity contribution in [3.05, 3.63) is 34.6 Å². The van der Waals surface area contributed by atoms with Gasteiger partial charge in [0.15, 0.2) is 6.29 Å². The van der Waals surface area contributed by atoms with Crippen LogP contribution in [0.4, 0.5) is 4.39 Å². The van der Waals surface area contributed by atoms with Crippen LogP contribution in [-0.2, 0) is 0 Å². The van der Waals surface area contributed by atoms with Gasteiger partial charge in [0, 0.05) is 5.56 Å². The molecule has 0 bridgehead atoms. The van der Waals surface area contributed by atoms with Crippen LogP contribution in [0.25, 0.3) is 0 Å². The minimum Gasteiger partial charge on any atom is -0.478 e. The Morgan fingerprint density at radius 3 is 2.62 bits per heavy atom. The zero-order valence-electron chi connectivity index (χ0n) is 6.87. The van der Waals surface area contributed by atoms with Crippen molar-refractivity contribution in [2.45, 2.75) is 6.92 Å². The number of aromatic carboxylic acids is 1. The first kappa shape index (κ1) is 9.38. The number of hydrogen-bond donors (Lipinski definition) is 1. The van der Waals surface area contributed by atoms with E-state index in [9.17, 15) is 14.0 Å². The molecule has 1 aromatic rings. The molecule has 1 rings (SSSR count). The molecular weight excluding hydrogens is 175 g/mol. The molecule has 13 heavy (non-hydrogen) atoms. The van der Waals surface area contributed by atoms with Gasteiger partial charge in [-0.3, -0.25) is 4.79 Å². The summed E-state index contributed by atoms with van der Waals surface area (Å²) in [6.07, 6.45) is 0.333. The van der Waals surface area contributed by atoms with Gasteiger partial charge in [0.2, 0.25) is 0 Å². The summed E-state index contributed by atoms with van der Waals surface area (Å²) in [5.41, 5.74) is -0.0315. The highest BCUT2D eigenvalue weighted by Crippen LogP contribution is 2.14. The van der Waals surface area contributed by atoms with Gasteiger partial charge in [-0.05, 0) is 24.6 Å². The Hall–Kier alpha value is -1.71. The number of carbonyl (C=O) groups is 2. The molecule has 0 saturated carbocycles. The number of carboxylic acid groups (broad SMARTS) is 1. The monoisotopic (exact) mass is 182 g/mol. The molecule has 0 heterocycles. The molecular formula is C9H7FO3. The van der Waals surface area contributed by atoms with Gasteiger partial charge in [-0.15, -0.1) is 0 Å². The van der Waals surface area contributed by atoms with Crippen molar-refractivity contribution < 1.29 is 19.1 Å². The van der Waals surface area contributed by atoms with Gasteiger partial charge in [-0.25, -0.2) is 9.18 Å². The zero-order valence-corrected chi connectivity index (χ0v) is 6.87. The maximum Gasteiger partial charge on any atom is 0.336 e. The van der Waals surface area contributed by atoms with Crippen molar-refractivity contribution in [3.8, 4) is 0 Å². The number of benzene rings is 1. The lowest BCUT2D eigenvalue weighted by atomic mass is 10.0. The van der Waals surface area contributed by atoms with Crippen LogP contribution >= 0.6 is 0 Å². The Labute approximate surface area is 73.8 Å². The highest BCUT2D eigenvalue weighted by atomic mass is 19.1. The van der Waals surface area contributed by atoms with Gasteiger partial charge in [0.05, 0.1) is 5.56 Å². The molecule has 0 amide bonds. The summed E-state index contributed by atoms with van der Waals surface area (Å²) in [5.74, 6) is -1.83. The van der Waals surface area contributed by atoms with Crippen LogP contribution in [-0.4, -0.2) is 17.4 Å². The molecule has 0 spiro atoms. The fraction of sp³-hybridized carbons (Fsp3) is 0.111. The fourth-order valence-corrected chi connectivity index (χ4v) is 1.15. The summed E-state index contributed by atoms with van der Waals surface area (Å²) in [4.78, 5) is 21.0. The highest BCUT2D eigenvalue weighted by molar-refractivity contribution is 5.98. The Morgan fingerprint density at radius 1 is 1.54 bits per heavy atom. The quantitative estimate of drug-likeness (QED) is 0.707. The van der Waals surface area contributed by atoms with Crippen LogP contribution in [0.15, 0.2) is 12.1 Å². The van der Waals surface area contributed by atoms with Crippen LogP contribution in [0.1, 0.15) is 26.3 Å². The first-order chi connectivity index (χ1) is 6.06. The second-order valence-corrected chi connectivity index (χ2v) is 2.61. The SMILES string of the molecule is Cc1cc(F)cc(C=O)c1C(=O)O. The lowest BCUT2D eigenvalue weighted by Crippen LogP contribution is -2.05. The Bertz CT molecular complexity index is 371. The van der Waals surface area contributed by atoms with Gasteiger partial charge < -0.3 is 5.11 Å². The number of aryl methyl sites for hydroxylation is 1. The third-order valence-corrected chi connectivity index (χ3v) is 1.67. The fourth-order valence-electron chi connectivity index (χ4n) is 1.15. The van der Waals surface area contributed by atoms with Gasteiger partial charge in [-0.1, -0.05) is 0 Å². The average Bonchev–Trinajstić information content (AvgIpc) is 2.01. The number of carboxylic acids is 1. The van der Waals surface area contributed by atoms with E-state index in [-0.39, 0.29) is 16.7 Å². The van der Waals surface area contributed by atoms with Crippen molar-refractivity contribution in [1.82, 2.24) is 0 Å². The number of hydrogen-bond acceptors (Lipinski definition) is 2. The van der Waals surface area contributed by atoms with E-state index in [0.29, 0.717) is 6.29 Å². The lowest BCUT2D eigenvalue weighted by Gasteiger charge is -2.03. The second kappa shape index (κ2) is 3.35. The molecule has 0 fully saturated rings. The molecule has 1 aromatic carbocycles.